The molecule has 0 atom stereocenters. The molecule has 0 fully saturated rings. The molecule has 0 bridgehead atoms. The highest BCUT2D eigenvalue weighted by atomic mass is 16.5. The fraction of sp³-hybridized carbons (Fsp3) is 0.300. The first-order chi connectivity index (χ1) is 6.13. The SMILES string of the molecule is COc1ccc(CC(=N)N)cc1C. The molecule has 0 aromatic heterocycles. The molecule has 3 N–H and O–H groups in total. The van der Waals surface area contributed by atoms with Gasteiger partial charge in [0.1, 0.15) is 5.75 Å². The molecule has 0 radical (unpaired) electrons. The fourth-order valence-corrected chi connectivity index (χ4v) is 1.27. The van der Waals surface area contributed by atoms with Gasteiger partial charge in [0.15, 0.2) is 0 Å². The van der Waals surface area contributed by atoms with Gasteiger partial charge in [-0.3, -0.25) is 5.41 Å². The lowest BCUT2D eigenvalue weighted by Gasteiger charge is -2.06. The molecule has 0 saturated heterocycles. The minimum atomic E-state index is 0.185. The van der Waals surface area contributed by atoms with Gasteiger partial charge in [-0.05, 0) is 24.1 Å². The second kappa shape index (κ2) is 3.94. The Hall–Kier alpha value is -1.51. The van der Waals surface area contributed by atoms with Crippen LogP contribution in [0.2, 0.25) is 0 Å². The van der Waals surface area contributed by atoms with E-state index in [4.69, 9.17) is 15.9 Å². The molecule has 0 aliphatic carbocycles. The van der Waals surface area contributed by atoms with E-state index in [1.165, 1.54) is 0 Å². The van der Waals surface area contributed by atoms with Crippen molar-refractivity contribution < 1.29 is 4.74 Å². The van der Waals surface area contributed by atoms with Gasteiger partial charge in [0.2, 0.25) is 0 Å². The molecule has 0 heterocycles. The Kier molecular flexibility index (Phi) is 2.90. The van der Waals surface area contributed by atoms with E-state index in [1.807, 2.05) is 25.1 Å². The van der Waals surface area contributed by atoms with Crippen LogP contribution < -0.4 is 10.5 Å². The molecule has 1 aromatic carbocycles. The molecule has 0 aliphatic rings. The van der Waals surface area contributed by atoms with Crippen LogP contribution in [0.4, 0.5) is 0 Å². The van der Waals surface area contributed by atoms with Crippen LogP contribution in [0.3, 0.4) is 0 Å². The molecule has 0 unspecified atom stereocenters. The normalized spacial score (nSPS) is 9.69. The highest BCUT2D eigenvalue weighted by Gasteiger charge is 2.00. The number of benzene rings is 1. The number of nitrogens with two attached hydrogens (primary N) is 1. The summed E-state index contributed by atoms with van der Waals surface area (Å²) in [7, 11) is 1.65. The van der Waals surface area contributed by atoms with E-state index in [0.717, 1.165) is 16.9 Å². The van der Waals surface area contributed by atoms with Crippen molar-refractivity contribution in [1.82, 2.24) is 0 Å². The Morgan fingerprint density at radius 3 is 2.69 bits per heavy atom. The van der Waals surface area contributed by atoms with Gasteiger partial charge >= 0.3 is 0 Å². The molecule has 0 spiro atoms. The first-order valence-corrected chi connectivity index (χ1v) is 4.10. The van der Waals surface area contributed by atoms with Crippen molar-refractivity contribution >= 4 is 5.84 Å². The van der Waals surface area contributed by atoms with Gasteiger partial charge in [0.05, 0.1) is 12.9 Å². The fourth-order valence-electron chi connectivity index (χ4n) is 1.27. The van der Waals surface area contributed by atoms with Gasteiger partial charge in [0, 0.05) is 6.42 Å². The third-order valence-corrected chi connectivity index (χ3v) is 1.85. The highest BCUT2D eigenvalue weighted by Crippen LogP contribution is 2.18. The maximum Gasteiger partial charge on any atom is 0.121 e. The smallest absolute Gasteiger partial charge is 0.121 e. The molecule has 1 aromatic rings. The van der Waals surface area contributed by atoms with Crippen LogP contribution in [0.25, 0.3) is 0 Å². The van der Waals surface area contributed by atoms with Crippen LogP contribution in [-0.2, 0) is 6.42 Å². The number of aryl methyl sites for hydroxylation is 1. The second-order valence-electron chi connectivity index (χ2n) is 3.01. The molecular weight excluding hydrogens is 164 g/mol. The molecule has 0 aliphatic heterocycles. The van der Waals surface area contributed by atoms with Crippen molar-refractivity contribution in [2.24, 2.45) is 5.73 Å². The summed E-state index contributed by atoms with van der Waals surface area (Å²) in [6.45, 7) is 1.97. The van der Waals surface area contributed by atoms with Crippen molar-refractivity contribution in [3.05, 3.63) is 29.3 Å². The molecule has 0 saturated carbocycles. The van der Waals surface area contributed by atoms with E-state index in [1.54, 1.807) is 7.11 Å². The number of hydrogen-bond acceptors (Lipinski definition) is 2. The van der Waals surface area contributed by atoms with E-state index in [9.17, 15) is 0 Å². The average Bonchev–Trinajstić information content (AvgIpc) is 2.03. The van der Waals surface area contributed by atoms with Gasteiger partial charge in [-0.15, -0.1) is 0 Å². The van der Waals surface area contributed by atoms with Crippen molar-refractivity contribution in [1.29, 1.82) is 5.41 Å². The summed E-state index contributed by atoms with van der Waals surface area (Å²) < 4.78 is 5.12. The zero-order chi connectivity index (χ0) is 9.84. The minimum absolute atomic E-state index is 0.185. The maximum absolute atomic E-state index is 7.15. The number of nitrogens with one attached hydrogen (secondary N) is 1. The van der Waals surface area contributed by atoms with Crippen LogP contribution in [0, 0.1) is 12.3 Å². The van der Waals surface area contributed by atoms with E-state index in [2.05, 4.69) is 0 Å². The summed E-state index contributed by atoms with van der Waals surface area (Å²) in [5, 5.41) is 7.15. The van der Waals surface area contributed by atoms with Crippen LogP contribution in [0.5, 0.6) is 5.75 Å². The summed E-state index contributed by atoms with van der Waals surface area (Å²) in [4.78, 5) is 0. The number of hydrogen-bond donors (Lipinski definition) is 2. The summed E-state index contributed by atoms with van der Waals surface area (Å²) in [5.74, 6) is 1.05. The second-order valence-corrected chi connectivity index (χ2v) is 3.01. The molecule has 0 amide bonds. The van der Waals surface area contributed by atoms with Gasteiger partial charge in [-0.2, -0.15) is 0 Å². The molecule has 1 rings (SSSR count). The van der Waals surface area contributed by atoms with Crippen LogP contribution in [-0.4, -0.2) is 12.9 Å². The number of rotatable bonds is 3. The summed E-state index contributed by atoms with van der Waals surface area (Å²) in [6, 6.07) is 5.81. The van der Waals surface area contributed by atoms with Gasteiger partial charge in [-0.25, -0.2) is 0 Å². The van der Waals surface area contributed by atoms with Crippen molar-refractivity contribution in [2.45, 2.75) is 13.3 Å². The minimum Gasteiger partial charge on any atom is -0.496 e. The Balaban J connectivity index is 2.89. The standard InChI is InChI=1S/C10H14N2O/c1-7-5-8(6-10(11)12)3-4-9(7)13-2/h3-5H,6H2,1-2H3,(H3,11,12). The van der Waals surface area contributed by atoms with Crippen molar-refractivity contribution in [2.75, 3.05) is 7.11 Å². The average molecular weight is 178 g/mol. The summed E-state index contributed by atoms with van der Waals surface area (Å²) in [5.41, 5.74) is 7.41. The maximum atomic E-state index is 7.15. The first kappa shape index (κ1) is 9.58. The van der Waals surface area contributed by atoms with Crippen molar-refractivity contribution in [3.8, 4) is 5.75 Å². The molecular formula is C10H14N2O. The Morgan fingerprint density at radius 1 is 1.54 bits per heavy atom. The Bertz CT molecular complexity index is 321. The quantitative estimate of drug-likeness (QED) is 0.544. The molecule has 3 heteroatoms. The van der Waals surface area contributed by atoms with Crippen LogP contribution in [0.15, 0.2) is 18.2 Å². The zero-order valence-electron chi connectivity index (χ0n) is 7.92. The number of methoxy groups -OCH3 is 1. The zero-order valence-corrected chi connectivity index (χ0v) is 7.92. The van der Waals surface area contributed by atoms with Crippen LogP contribution in [0.1, 0.15) is 11.1 Å². The van der Waals surface area contributed by atoms with Gasteiger partial charge in [-0.1, -0.05) is 12.1 Å². The predicted octanol–water partition coefficient (Wildman–Crippen LogP) is 1.48. The summed E-state index contributed by atoms with van der Waals surface area (Å²) >= 11 is 0. The number of ether oxygens (including phenoxy) is 1. The summed E-state index contributed by atoms with van der Waals surface area (Å²) in [6.07, 6.45) is 0.505. The molecule has 70 valence electrons. The third kappa shape index (κ3) is 2.47. The van der Waals surface area contributed by atoms with Gasteiger partial charge < -0.3 is 10.5 Å². The highest BCUT2D eigenvalue weighted by molar-refractivity contribution is 5.79. The molecule has 3 nitrogen and oxygen atoms in total. The monoisotopic (exact) mass is 178 g/mol. The number of amidine groups is 1. The largest absolute Gasteiger partial charge is 0.496 e. The lowest BCUT2D eigenvalue weighted by Crippen LogP contribution is -2.12. The van der Waals surface area contributed by atoms with Crippen molar-refractivity contribution in [3.63, 3.8) is 0 Å². The Morgan fingerprint density at radius 2 is 2.23 bits per heavy atom. The molecule has 13 heavy (non-hydrogen) atoms. The Labute approximate surface area is 78.0 Å². The topological polar surface area (TPSA) is 59.1 Å². The van der Waals surface area contributed by atoms with E-state index < -0.39 is 0 Å². The lowest BCUT2D eigenvalue weighted by molar-refractivity contribution is 0.411. The van der Waals surface area contributed by atoms with Crippen LogP contribution >= 0.6 is 0 Å². The van der Waals surface area contributed by atoms with Gasteiger partial charge in [0.25, 0.3) is 0 Å². The first-order valence-electron chi connectivity index (χ1n) is 4.10. The lowest BCUT2D eigenvalue weighted by atomic mass is 10.1. The van der Waals surface area contributed by atoms with E-state index in [-0.39, 0.29) is 5.84 Å². The van der Waals surface area contributed by atoms with E-state index >= 15 is 0 Å². The third-order valence-electron chi connectivity index (χ3n) is 1.85. The predicted molar refractivity (Wildman–Crippen MR) is 53.3 cm³/mol. The van der Waals surface area contributed by atoms with E-state index in [0.29, 0.717) is 6.42 Å².